The summed E-state index contributed by atoms with van der Waals surface area (Å²) in [5.41, 5.74) is 2.45. The number of piperidine rings is 1. The third-order valence-corrected chi connectivity index (χ3v) is 6.32. The third kappa shape index (κ3) is 2.92. The average molecular weight is 396 g/mol. The molecule has 1 aromatic carbocycles. The monoisotopic (exact) mass is 396 g/mol. The van der Waals surface area contributed by atoms with Gasteiger partial charge in [-0.2, -0.15) is 5.26 Å². The molecule has 2 saturated heterocycles. The van der Waals surface area contributed by atoms with Crippen molar-refractivity contribution in [3.8, 4) is 23.1 Å². The number of benzene rings is 1. The van der Waals surface area contributed by atoms with Crippen LogP contribution in [0.25, 0.3) is 21.3 Å². The Hall–Kier alpha value is -2.60. The Kier molecular flexibility index (Phi) is 4.43. The predicted octanol–water partition coefficient (Wildman–Crippen LogP) is 2.98. The van der Waals surface area contributed by atoms with Gasteiger partial charge >= 0.3 is 0 Å². The summed E-state index contributed by atoms with van der Waals surface area (Å²) in [6.45, 7) is 3.09. The number of thiophene rings is 1. The van der Waals surface area contributed by atoms with E-state index >= 15 is 0 Å². The van der Waals surface area contributed by atoms with Gasteiger partial charge in [0.15, 0.2) is 0 Å². The Morgan fingerprint density at radius 1 is 1.21 bits per heavy atom. The number of hydrogen-bond acceptors (Lipinski definition) is 7. The first kappa shape index (κ1) is 17.5. The minimum Gasteiger partial charge on any atom is -0.472 e. The average Bonchev–Trinajstić information content (AvgIpc) is 3.13. The van der Waals surface area contributed by atoms with E-state index in [0.717, 1.165) is 23.4 Å². The Balaban J connectivity index is 1.54. The van der Waals surface area contributed by atoms with E-state index in [1.807, 2.05) is 5.38 Å². The number of nitrogens with zero attached hydrogens (tertiary/aromatic N) is 3. The van der Waals surface area contributed by atoms with Gasteiger partial charge in [-0.05, 0) is 12.1 Å². The van der Waals surface area contributed by atoms with Crippen LogP contribution >= 0.6 is 11.3 Å². The molecule has 5 rings (SSSR count). The van der Waals surface area contributed by atoms with Crippen LogP contribution in [0, 0.1) is 29.0 Å². The zero-order chi connectivity index (χ0) is 19.1. The van der Waals surface area contributed by atoms with Gasteiger partial charge in [-0.3, -0.25) is 0 Å². The van der Waals surface area contributed by atoms with Gasteiger partial charge < -0.3 is 14.8 Å². The molecule has 3 aromatic rings. The zero-order valence-electron chi connectivity index (χ0n) is 14.9. The lowest BCUT2D eigenvalue weighted by Crippen LogP contribution is -2.56. The summed E-state index contributed by atoms with van der Waals surface area (Å²) in [4.78, 5) is 8.80. The number of halogens is 1. The summed E-state index contributed by atoms with van der Waals surface area (Å²) in [5, 5.41) is 14.7. The molecule has 1 N–H and O–H groups in total. The minimum atomic E-state index is -0.432. The van der Waals surface area contributed by atoms with Gasteiger partial charge in [0.05, 0.1) is 30.4 Å². The fourth-order valence-corrected chi connectivity index (χ4v) is 4.97. The molecule has 0 spiro atoms. The van der Waals surface area contributed by atoms with Crippen LogP contribution in [0.3, 0.4) is 0 Å². The van der Waals surface area contributed by atoms with Crippen LogP contribution in [0.5, 0.6) is 5.88 Å². The van der Waals surface area contributed by atoms with Crippen LogP contribution in [0.1, 0.15) is 5.56 Å². The van der Waals surface area contributed by atoms with Crippen molar-refractivity contribution in [1.29, 1.82) is 5.26 Å². The van der Waals surface area contributed by atoms with Crippen LogP contribution in [0.15, 0.2) is 29.9 Å². The third-order valence-electron chi connectivity index (χ3n) is 5.37. The Bertz CT molecular complexity index is 1060. The summed E-state index contributed by atoms with van der Waals surface area (Å²) in [5.74, 6) is 0.710. The highest BCUT2D eigenvalue weighted by Crippen LogP contribution is 2.39. The molecule has 0 aliphatic carbocycles. The van der Waals surface area contributed by atoms with Gasteiger partial charge in [-0.15, -0.1) is 11.3 Å². The Morgan fingerprint density at radius 2 is 2.04 bits per heavy atom. The molecule has 0 radical (unpaired) electrons. The van der Waals surface area contributed by atoms with Gasteiger partial charge in [0.1, 0.15) is 22.9 Å². The Labute approximate surface area is 164 Å². The van der Waals surface area contributed by atoms with Crippen LogP contribution < -0.4 is 10.1 Å². The SMILES string of the molecule is N#Cc1cc(F)ccc1-c1csc2c(OC3C4CNCC3COC4)ncnc12. The maximum absolute atomic E-state index is 13.5. The van der Waals surface area contributed by atoms with Crippen molar-refractivity contribution in [3.05, 3.63) is 41.3 Å². The standard InChI is InChI=1S/C20H17FN4O2S/c21-14-1-2-15(11(3-14)4-22)16-9-28-19-17(16)24-10-25-20(19)27-18-12-5-23-6-13(18)8-26-7-12/h1-3,9-10,12-13,18,23H,5-8H2. The maximum Gasteiger partial charge on any atom is 0.235 e. The smallest absolute Gasteiger partial charge is 0.235 e. The van der Waals surface area contributed by atoms with E-state index in [1.165, 1.54) is 29.8 Å². The second-order valence-corrected chi connectivity index (χ2v) is 7.99. The number of ether oxygens (including phenoxy) is 2. The number of nitrogens with one attached hydrogen (secondary N) is 1. The number of hydrogen-bond donors (Lipinski definition) is 1. The van der Waals surface area contributed by atoms with Gasteiger partial charge in [0.25, 0.3) is 0 Å². The quantitative estimate of drug-likeness (QED) is 0.733. The molecule has 2 bridgehead atoms. The van der Waals surface area contributed by atoms with E-state index in [9.17, 15) is 9.65 Å². The molecule has 0 amide bonds. The summed E-state index contributed by atoms with van der Waals surface area (Å²) < 4.78 is 26.4. The molecule has 2 atom stereocenters. The van der Waals surface area contributed by atoms with Crippen molar-refractivity contribution in [2.24, 2.45) is 11.8 Å². The summed E-state index contributed by atoms with van der Waals surface area (Å²) >= 11 is 1.48. The molecule has 4 heterocycles. The van der Waals surface area contributed by atoms with E-state index in [2.05, 4.69) is 21.4 Å². The van der Waals surface area contributed by atoms with Gasteiger partial charge in [-0.1, -0.05) is 6.07 Å². The van der Waals surface area contributed by atoms with E-state index in [-0.39, 0.29) is 11.7 Å². The number of nitriles is 1. The second kappa shape index (κ2) is 7.09. The number of fused-ring (bicyclic) bond motifs is 3. The van der Waals surface area contributed by atoms with Crippen LogP contribution in [0.4, 0.5) is 4.39 Å². The summed E-state index contributed by atoms with van der Waals surface area (Å²) in [7, 11) is 0. The molecule has 0 saturated carbocycles. The van der Waals surface area contributed by atoms with Gasteiger partial charge in [0.2, 0.25) is 5.88 Å². The highest BCUT2D eigenvalue weighted by atomic mass is 32.1. The van der Waals surface area contributed by atoms with Crippen LogP contribution in [0.2, 0.25) is 0 Å². The predicted molar refractivity (Wildman–Crippen MR) is 103 cm³/mol. The minimum absolute atomic E-state index is 0.0548. The van der Waals surface area contributed by atoms with E-state index in [4.69, 9.17) is 9.47 Å². The van der Waals surface area contributed by atoms with Crippen molar-refractivity contribution >= 4 is 21.6 Å². The first-order chi connectivity index (χ1) is 13.7. The lowest BCUT2D eigenvalue weighted by atomic mass is 9.86. The molecule has 28 heavy (non-hydrogen) atoms. The van der Waals surface area contributed by atoms with Gasteiger partial charge in [-0.25, -0.2) is 14.4 Å². The topological polar surface area (TPSA) is 80.1 Å². The van der Waals surface area contributed by atoms with Gasteiger partial charge in [0, 0.05) is 41.4 Å². The molecular formula is C20H17FN4O2S. The highest BCUT2D eigenvalue weighted by molar-refractivity contribution is 7.18. The van der Waals surface area contributed by atoms with E-state index in [0.29, 0.717) is 42.0 Å². The molecular weight excluding hydrogens is 379 g/mol. The molecule has 142 valence electrons. The second-order valence-electron chi connectivity index (χ2n) is 7.11. The van der Waals surface area contributed by atoms with Crippen molar-refractivity contribution in [2.75, 3.05) is 26.3 Å². The molecule has 2 unspecified atom stereocenters. The lowest BCUT2D eigenvalue weighted by molar-refractivity contribution is -0.0828. The molecule has 2 aliphatic rings. The van der Waals surface area contributed by atoms with Crippen LogP contribution in [-0.4, -0.2) is 42.4 Å². The lowest BCUT2D eigenvalue weighted by Gasteiger charge is -2.41. The summed E-state index contributed by atoms with van der Waals surface area (Å²) in [6.07, 6.45) is 1.54. The molecule has 6 nitrogen and oxygen atoms in total. The maximum atomic E-state index is 13.5. The molecule has 8 heteroatoms. The zero-order valence-corrected chi connectivity index (χ0v) is 15.7. The van der Waals surface area contributed by atoms with Crippen molar-refractivity contribution in [1.82, 2.24) is 15.3 Å². The fraction of sp³-hybridized carbons (Fsp3) is 0.350. The van der Waals surface area contributed by atoms with Crippen molar-refractivity contribution in [3.63, 3.8) is 0 Å². The Morgan fingerprint density at radius 3 is 2.82 bits per heavy atom. The number of aromatic nitrogens is 2. The number of rotatable bonds is 3. The largest absolute Gasteiger partial charge is 0.472 e. The molecule has 2 aromatic heterocycles. The van der Waals surface area contributed by atoms with Crippen LogP contribution in [-0.2, 0) is 4.74 Å². The van der Waals surface area contributed by atoms with Crippen molar-refractivity contribution in [2.45, 2.75) is 6.10 Å². The molecule has 2 fully saturated rings. The highest BCUT2D eigenvalue weighted by Gasteiger charge is 2.39. The fourth-order valence-electron chi connectivity index (χ4n) is 4.02. The first-order valence-corrected chi connectivity index (χ1v) is 10.00. The first-order valence-electron chi connectivity index (χ1n) is 9.12. The van der Waals surface area contributed by atoms with E-state index < -0.39 is 5.82 Å². The normalized spacial score (nSPS) is 24.1. The summed E-state index contributed by atoms with van der Waals surface area (Å²) in [6, 6.07) is 6.28. The van der Waals surface area contributed by atoms with E-state index in [1.54, 1.807) is 6.07 Å². The molecule has 2 aliphatic heterocycles. The van der Waals surface area contributed by atoms with Crippen molar-refractivity contribution < 1.29 is 13.9 Å².